The summed E-state index contributed by atoms with van der Waals surface area (Å²) in [7, 11) is -2.25. The monoisotopic (exact) mass is 347 g/mol. The van der Waals surface area contributed by atoms with Gasteiger partial charge in [0.05, 0.1) is 23.3 Å². The highest BCUT2D eigenvalue weighted by Gasteiger charge is 2.31. The first-order valence-electron chi connectivity index (χ1n) is 7.38. The first-order valence-corrected chi connectivity index (χ1v) is 8.82. The van der Waals surface area contributed by atoms with Gasteiger partial charge < -0.3 is 9.84 Å². The van der Waals surface area contributed by atoms with Gasteiger partial charge in [-0.3, -0.25) is 4.31 Å². The highest BCUT2D eigenvalue weighted by Crippen LogP contribution is 2.35. The fourth-order valence-corrected chi connectivity index (χ4v) is 4.37. The van der Waals surface area contributed by atoms with Gasteiger partial charge in [0.2, 0.25) is 0 Å². The van der Waals surface area contributed by atoms with Gasteiger partial charge in [-0.05, 0) is 54.8 Å². The van der Waals surface area contributed by atoms with E-state index in [4.69, 9.17) is 4.74 Å². The van der Waals surface area contributed by atoms with E-state index in [0.717, 1.165) is 5.56 Å². The summed E-state index contributed by atoms with van der Waals surface area (Å²) < 4.78 is 32.4. The number of aromatic carboxylic acids is 1. The second kappa shape index (κ2) is 5.83. The number of carboxylic acids is 1. The molecule has 2 aromatic rings. The number of anilines is 1. The number of ether oxygens (including phenoxy) is 1. The van der Waals surface area contributed by atoms with Gasteiger partial charge in [-0.1, -0.05) is 6.07 Å². The molecule has 6 nitrogen and oxygen atoms in total. The fraction of sp³-hybridized carbons (Fsp3) is 0.235. The lowest BCUT2D eigenvalue weighted by atomic mass is 10.1. The van der Waals surface area contributed by atoms with Crippen molar-refractivity contribution in [2.45, 2.75) is 18.2 Å². The summed E-state index contributed by atoms with van der Waals surface area (Å²) in [4.78, 5) is 11.2. The zero-order valence-corrected chi connectivity index (χ0v) is 14.1. The molecule has 0 radical (unpaired) electrons. The second-order valence-corrected chi connectivity index (χ2v) is 7.47. The maximum Gasteiger partial charge on any atom is 0.335 e. The Balaban J connectivity index is 2.05. The lowest BCUT2D eigenvalue weighted by molar-refractivity contribution is 0.0696. The second-order valence-electron chi connectivity index (χ2n) is 5.60. The molecule has 1 heterocycles. The molecule has 0 aliphatic carbocycles. The van der Waals surface area contributed by atoms with Crippen LogP contribution in [-0.2, 0) is 16.4 Å². The van der Waals surface area contributed by atoms with Crippen LogP contribution < -0.4 is 9.04 Å². The fourth-order valence-electron chi connectivity index (χ4n) is 2.84. The largest absolute Gasteiger partial charge is 0.497 e. The van der Waals surface area contributed by atoms with Gasteiger partial charge in [-0.25, -0.2) is 13.2 Å². The van der Waals surface area contributed by atoms with Gasteiger partial charge in [0.25, 0.3) is 10.0 Å². The minimum atomic E-state index is -3.82. The van der Waals surface area contributed by atoms with E-state index >= 15 is 0 Å². The summed E-state index contributed by atoms with van der Waals surface area (Å²) in [6.45, 7) is 1.96. The number of nitrogens with zero attached hydrogens (tertiary/aromatic N) is 1. The molecule has 0 atom stereocenters. The highest BCUT2D eigenvalue weighted by atomic mass is 32.2. The van der Waals surface area contributed by atoms with E-state index in [0.29, 0.717) is 30.0 Å². The van der Waals surface area contributed by atoms with Crippen molar-refractivity contribution in [3.8, 4) is 5.75 Å². The first-order chi connectivity index (χ1) is 11.3. The first kappa shape index (κ1) is 16.3. The molecular formula is C17H17NO5S. The number of sulfonamides is 1. The van der Waals surface area contributed by atoms with Crippen LogP contribution in [0.3, 0.4) is 0 Å². The van der Waals surface area contributed by atoms with Gasteiger partial charge >= 0.3 is 5.97 Å². The Morgan fingerprint density at radius 1 is 1.21 bits per heavy atom. The summed E-state index contributed by atoms with van der Waals surface area (Å²) in [6, 6.07) is 9.42. The van der Waals surface area contributed by atoms with Gasteiger partial charge in [-0.2, -0.15) is 0 Å². The maximum absolute atomic E-state index is 12.9. The summed E-state index contributed by atoms with van der Waals surface area (Å²) in [5.41, 5.74) is 2.01. The topological polar surface area (TPSA) is 83.9 Å². The number of rotatable bonds is 4. The molecule has 0 aromatic heterocycles. The van der Waals surface area contributed by atoms with Crippen molar-refractivity contribution in [2.24, 2.45) is 0 Å². The summed E-state index contributed by atoms with van der Waals surface area (Å²) >= 11 is 0. The zero-order chi connectivity index (χ0) is 17.5. The number of fused-ring (bicyclic) bond motifs is 1. The third kappa shape index (κ3) is 2.60. The number of hydrogen-bond acceptors (Lipinski definition) is 4. The van der Waals surface area contributed by atoms with E-state index in [9.17, 15) is 18.3 Å². The third-order valence-corrected chi connectivity index (χ3v) is 5.98. The molecule has 1 aliphatic heterocycles. The van der Waals surface area contributed by atoms with Crippen LogP contribution in [0, 0.1) is 6.92 Å². The quantitative estimate of drug-likeness (QED) is 0.918. The molecule has 0 bridgehead atoms. The molecular weight excluding hydrogens is 330 g/mol. The van der Waals surface area contributed by atoms with Gasteiger partial charge in [0, 0.05) is 6.54 Å². The summed E-state index contributed by atoms with van der Waals surface area (Å²) in [6.07, 6.45) is 0.587. The van der Waals surface area contributed by atoms with E-state index in [1.54, 1.807) is 26.2 Å². The van der Waals surface area contributed by atoms with Crippen LogP contribution in [0.15, 0.2) is 41.3 Å². The van der Waals surface area contributed by atoms with Crippen LogP contribution in [0.1, 0.15) is 21.5 Å². The Labute approximate surface area is 140 Å². The van der Waals surface area contributed by atoms with E-state index in [1.165, 1.54) is 22.5 Å². The van der Waals surface area contributed by atoms with Crippen molar-refractivity contribution in [2.75, 3.05) is 18.0 Å². The normalized spacial score (nSPS) is 13.7. The summed E-state index contributed by atoms with van der Waals surface area (Å²) in [5.74, 6) is -0.465. The molecule has 126 valence electrons. The van der Waals surface area contributed by atoms with Crippen molar-refractivity contribution in [3.05, 3.63) is 53.1 Å². The van der Waals surface area contributed by atoms with Crippen molar-refractivity contribution in [1.82, 2.24) is 0 Å². The maximum atomic E-state index is 12.9. The minimum absolute atomic E-state index is 0.00905. The Kier molecular flexibility index (Phi) is 3.96. The lowest BCUT2D eigenvalue weighted by Gasteiger charge is -2.20. The Morgan fingerprint density at radius 3 is 2.62 bits per heavy atom. The molecule has 2 aromatic carbocycles. The Bertz CT molecular complexity index is 921. The molecule has 0 fully saturated rings. The molecule has 1 N–H and O–H groups in total. The lowest BCUT2D eigenvalue weighted by Crippen LogP contribution is -2.29. The molecule has 0 saturated carbocycles. The molecule has 24 heavy (non-hydrogen) atoms. The zero-order valence-electron chi connectivity index (χ0n) is 13.3. The van der Waals surface area contributed by atoms with Crippen LogP contribution in [0.2, 0.25) is 0 Å². The standard InChI is InChI=1S/C17H17NO5S/c1-11-3-5-14(10-15(11)17(19)20)24(21,22)18-8-7-12-9-13(23-2)4-6-16(12)18/h3-6,9-10H,7-8H2,1-2H3,(H,19,20). The van der Waals surface area contributed by atoms with E-state index < -0.39 is 16.0 Å². The van der Waals surface area contributed by atoms with Gasteiger partial charge in [0.1, 0.15) is 5.75 Å². The number of hydrogen-bond donors (Lipinski definition) is 1. The van der Waals surface area contributed by atoms with Crippen molar-refractivity contribution < 1.29 is 23.1 Å². The Hall–Kier alpha value is -2.54. The predicted molar refractivity (Wildman–Crippen MR) is 89.4 cm³/mol. The minimum Gasteiger partial charge on any atom is -0.497 e. The van der Waals surface area contributed by atoms with Gasteiger partial charge in [-0.15, -0.1) is 0 Å². The molecule has 0 saturated heterocycles. The molecule has 0 amide bonds. The molecule has 1 aliphatic rings. The number of benzene rings is 2. The van der Waals surface area contributed by atoms with Crippen LogP contribution >= 0.6 is 0 Å². The molecule has 3 rings (SSSR count). The van der Waals surface area contributed by atoms with E-state index in [1.807, 2.05) is 6.07 Å². The highest BCUT2D eigenvalue weighted by molar-refractivity contribution is 7.92. The van der Waals surface area contributed by atoms with Crippen molar-refractivity contribution in [1.29, 1.82) is 0 Å². The molecule has 0 unspecified atom stereocenters. The van der Waals surface area contributed by atoms with Crippen LogP contribution in [0.25, 0.3) is 0 Å². The number of aryl methyl sites for hydroxylation is 1. The summed E-state index contributed by atoms with van der Waals surface area (Å²) in [5, 5.41) is 9.21. The molecule has 7 heteroatoms. The molecule has 0 spiro atoms. The van der Waals surface area contributed by atoms with Crippen molar-refractivity contribution in [3.63, 3.8) is 0 Å². The number of methoxy groups -OCH3 is 1. The van der Waals surface area contributed by atoms with Gasteiger partial charge in [0.15, 0.2) is 0 Å². The van der Waals surface area contributed by atoms with Crippen LogP contribution in [0.4, 0.5) is 5.69 Å². The SMILES string of the molecule is COc1ccc2c(c1)CCN2S(=O)(=O)c1ccc(C)c(C(=O)O)c1. The predicted octanol–water partition coefficient (Wildman–Crippen LogP) is 2.45. The van der Waals surface area contributed by atoms with E-state index in [2.05, 4.69) is 0 Å². The van der Waals surface area contributed by atoms with E-state index in [-0.39, 0.29) is 10.5 Å². The average Bonchev–Trinajstić information content (AvgIpc) is 2.98. The number of carboxylic acid groups (broad SMARTS) is 1. The number of carbonyl (C=O) groups is 1. The van der Waals surface area contributed by atoms with Crippen molar-refractivity contribution >= 4 is 21.7 Å². The Morgan fingerprint density at radius 2 is 1.96 bits per heavy atom. The van der Waals surface area contributed by atoms with Crippen LogP contribution in [-0.4, -0.2) is 33.1 Å². The average molecular weight is 347 g/mol. The van der Waals surface area contributed by atoms with Crippen LogP contribution in [0.5, 0.6) is 5.75 Å². The third-order valence-electron chi connectivity index (χ3n) is 4.17. The smallest absolute Gasteiger partial charge is 0.335 e.